The van der Waals surface area contributed by atoms with Gasteiger partial charge in [0.2, 0.25) is 0 Å². The zero-order valence-corrected chi connectivity index (χ0v) is 16.5. The van der Waals surface area contributed by atoms with Crippen LogP contribution in [0.15, 0.2) is 18.2 Å². The van der Waals surface area contributed by atoms with Crippen LogP contribution >= 0.6 is 0 Å². The van der Waals surface area contributed by atoms with Crippen LogP contribution in [-0.4, -0.2) is 40.7 Å². The quantitative estimate of drug-likeness (QED) is 0.847. The van der Waals surface area contributed by atoms with Gasteiger partial charge in [-0.15, -0.1) is 0 Å². The summed E-state index contributed by atoms with van der Waals surface area (Å²) in [5.74, 6) is -0.340. The van der Waals surface area contributed by atoms with Gasteiger partial charge < -0.3 is 15.8 Å². The van der Waals surface area contributed by atoms with Crippen LogP contribution < -0.4 is 11.1 Å². The maximum atomic E-state index is 12.7. The molecule has 7 heteroatoms. The van der Waals surface area contributed by atoms with Gasteiger partial charge in [0.15, 0.2) is 5.78 Å². The number of aryl methyl sites for hydroxylation is 1. The molecule has 0 unspecified atom stereocenters. The fraction of sp³-hybridized carbons (Fsp3) is 0.476. The third-order valence-corrected chi connectivity index (χ3v) is 5.52. The zero-order valence-electron chi connectivity index (χ0n) is 16.5. The molecule has 2 heterocycles. The number of ketones is 1. The van der Waals surface area contributed by atoms with Gasteiger partial charge in [-0.05, 0) is 43.4 Å². The summed E-state index contributed by atoms with van der Waals surface area (Å²) < 4.78 is 7.26. The molecule has 28 heavy (non-hydrogen) atoms. The van der Waals surface area contributed by atoms with E-state index in [1.165, 1.54) is 0 Å². The Morgan fingerprint density at radius 1 is 1.36 bits per heavy atom. The Morgan fingerprint density at radius 2 is 2.14 bits per heavy atom. The molecule has 2 aromatic rings. The highest BCUT2D eigenvalue weighted by atomic mass is 16.5. The minimum Gasteiger partial charge on any atom is -0.379 e. The summed E-state index contributed by atoms with van der Waals surface area (Å²) in [5, 5.41) is 8.03. The molecule has 0 saturated carbocycles. The fourth-order valence-corrected chi connectivity index (χ4v) is 4.22. The standard InChI is InChI=1S/C21H26N4O3/c1-12-19-17(9-21(2,3)10-18(19)26)25(24-12)14-4-5-15(20(22)27)16(8-14)23-13-6-7-28-11-13/h4-5,8,13,23H,6-7,9-11H2,1-3H3,(H2,22,27)/t13-/m1/s1. The number of amides is 1. The number of nitrogens with one attached hydrogen (secondary N) is 1. The second-order valence-corrected chi connectivity index (χ2v) is 8.56. The van der Waals surface area contributed by atoms with Crippen LogP contribution in [-0.2, 0) is 11.2 Å². The Bertz CT molecular complexity index is 955. The van der Waals surface area contributed by atoms with E-state index in [9.17, 15) is 9.59 Å². The summed E-state index contributed by atoms with van der Waals surface area (Å²) >= 11 is 0. The molecule has 1 aliphatic heterocycles. The van der Waals surface area contributed by atoms with Gasteiger partial charge in [0.05, 0.1) is 40.9 Å². The maximum Gasteiger partial charge on any atom is 0.250 e. The number of fused-ring (bicyclic) bond motifs is 1. The lowest BCUT2D eigenvalue weighted by Crippen LogP contribution is -2.28. The maximum absolute atomic E-state index is 12.7. The van der Waals surface area contributed by atoms with Gasteiger partial charge in [-0.3, -0.25) is 9.59 Å². The van der Waals surface area contributed by atoms with Crippen LogP contribution in [0.4, 0.5) is 5.69 Å². The molecule has 1 atom stereocenters. The van der Waals surface area contributed by atoms with Crippen molar-refractivity contribution < 1.29 is 14.3 Å². The van der Waals surface area contributed by atoms with E-state index < -0.39 is 5.91 Å². The molecule has 2 aliphatic rings. The lowest BCUT2D eigenvalue weighted by atomic mass is 9.75. The number of carbonyl (C=O) groups is 2. The van der Waals surface area contributed by atoms with Gasteiger partial charge in [0, 0.05) is 18.7 Å². The van der Waals surface area contributed by atoms with E-state index in [4.69, 9.17) is 10.5 Å². The highest BCUT2D eigenvalue weighted by Gasteiger charge is 2.35. The number of ether oxygens (including phenoxy) is 1. The van der Waals surface area contributed by atoms with E-state index in [0.717, 1.165) is 35.5 Å². The monoisotopic (exact) mass is 382 g/mol. The average molecular weight is 382 g/mol. The highest BCUT2D eigenvalue weighted by molar-refractivity contribution is 6.00. The lowest BCUT2D eigenvalue weighted by molar-refractivity contribution is 0.0909. The molecule has 0 radical (unpaired) electrons. The molecule has 7 nitrogen and oxygen atoms in total. The molecule has 1 aromatic carbocycles. The predicted molar refractivity (Wildman–Crippen MR) is 106 cm³/mol. The van der Waals surface area contributed by atoms with Gasteiger partial charge in [0.25, 0.3) is 5.91 Å². The second kappa shape index (κ2) is 6.74. The van der Waals surface area contributed by atoms with E-state index >= 15 is 0 Å². The summed E-state index contributed by atoms with van der Waals surface area (Å²) in [4.78, 5) is 24.6. The molecule has 3 N–H and O–H groups in total. The molecule has 1 aromatic heterocycles. The zero-order chi connectivity index (χ0) is 20.1. The summed E-state index contributed by atoms with van der Waals surface area (Å²) in [6.07, 6.45) is 2.18. The average Bonchev–Trinajstić information content (AvgIpc) is 3.21. The number of Topliss-reactive ketones (excluding diaryl/α,β-unsaturated/α-hetero) is 1. The van der Waals surface area contributed by atoms with Crippen LogP contribution in [0.25, 0.3) is 5.69 Å². The van der Waals surface area contributed by atoms with Crippen LogP contribution in [0.5, 0.6) is 0 Å². The Labute approximate surface area is 164 Å². The van der Waals surface area contributed by atoms with Crippen LogP contribution in [0.2, 0.25) is 0 Å². The number of benzene rings is 1. The van der Waals surface area contributed by atoms with Crippen molar-refractivity contribution in [3.63, 3.8) is 0 Å². The first kappa shape index (κ1) is 18.7. The van der Waals surface area contributed by atoms with Crippen LogP contribution in [0, 0.1) is 12.3 Å². The molecule has 4 rings (SSSR count). The van der Waals surface area contributed by atoms with E-state index in [-0.39, 0.29) is 17.2 Å². The lowest BCUT2D eigenvalue weighted by Gasteiger charge is -2.29. The van der Waals surface area contributed by atoms with Crippen LogP contribution in [0.1, 0.15) is 58.8 Å². The molecule has 0 spiro atoms. The first-order valence-corrected chi connectivity index (χ1v) is 9.65. The normalized spacial score (nSPS) is 20.8. The summed E-state index contributed by atoms with van der Waals surface area (Å²) in [6.45, 7) is 7.37. The van der Waals surface area contributed by atoms with Crippen molar-refractivity contribution in [2.45, 2.75) is 46.1 Å². The number of rotatable bonds is 4. The predicted octanol–water partition coefficient (Wildman–Crippen LogP) is 2.64. The van der Waals surface area contributed by atoms with E-state index in [0.29, 0.717) is 30.9 Å². The molecule has 1 aliphatic carbocycles. The smallest absolute Gasteiger partial charge is 0.250 e. The SMILES string of the molecule is Cc1nn(-c2ccc(C(N)=O)c(N[C@@H]3CCOC3)c2)c2c1C(=O)CC(C)(C)C2. The largest absolute Gasteiger partial charge is 0.379 e. The van der Waals surface area contributed by atoms with Crippen molar-refractivity contribution in [3.8, 4) is 5.69 Å². The van der Waals surface area contributed by atoms with E-state index in [2.05, 4.69) is 24.3 Å². The second-order valence-electron chi connectivity index (χ2n) is 8.56. The van der Waals surface area contributed by atoms with Gasteiger partial charge in [0.1, 0.15) is 0 Å². The third-order valence-electron chi connectivity index (χ3n) is 5.52. The number of nitrogens with zero attached hydrogens (tertiary/aromatic N) is 2. The summed E-state index contributed by atoms with van der Waals surface area (Å²) in [5.41, 5.74) is 9.78. The Hall–Kier alpha value is -2.67. The number of anilines is 1. The minimum absolute atomic E-state index is 0.107. The molecule has 1 fully saturated rings. The number of carbonyl (C=O) groups excluding carboxylic acids is 2. The summed E-state index contributed by atoms with van der Waals surface area (Å²) in [6, 6.07) is 5.57. The van der Waals surface area contributed by atoms with Gasteiger partial charge in [-0.1, -0.05) is 13.8 Å². The highest BCUT2D eigenvalue weighted by Crippen LogP contribution is 2.37. The van der Waals surface area contributed by atoms with E-state index in [1.807, 2.05) is 23.7 Å². The van der Waals surface area contributed by atoms with Crippen molar-refractivity contribution in [1.82, 2.24) is 9.78 Å². The molecule has 0 bridgehead atoms. The Balaban J connectivity index is 1.79. The van der Waals surface area contributed by atoms with E-state index in [1.54, 1.807) is 6.07 Å². The van der Waals surface area contributed by atoms with Gasteiger partial charge in [-0.25, -0.2) is 4.68 Å². The van der Waals surface area contributed by atoms with Crippen molar-refractivity contribution in [3.05, 3.63) is 40.7 Å². The minimum atomic E-state index is -0.483. The molecular formula is C21H26N4O3. The Morgan fingerprint density at radius 3 is 2.82 bits per heavy atom. The van der Waals surface area contributed by atoms with Crippen molar-refractivity contribution in [2.75, 3.05) is 18.5 Å². The number of hydrogen-bond acceptors (Lipinski definition) is 5. The molecule has 1 saturated heterocycles. The third kappa shape index (κ3) is 3.30. The van der Waals surface area contributed by atoms with Crippen LogP contribution in [0.3, 0.4) is 0 Å². The fourth-order valence-electron chi connectivity index (χ4n) is 4.22. The Kier molecular flexibility index (Phi) is 4.50. The number of hydrogen-bond donors (Lipinski definition) is 2. The van der Waals surface area contributed by atoms with Crippen molar-refractivity contribution in [2.24, 2.45) is 11.1 Å². The van der Waals surface area contributed by atoms with Gasteiger partial charge in [-0.2, -0.15) is 5.10 Å². The first-order valence-electron chi connectivity index (χ1n) is 9.65. The van der Waals surface area contributed by atoms with Crippen molar-refractivity contribution >= 4 is 17.4 Å². The molecule has 1 amide bonds. The number of nitrogens with two attached hydrogens (primary N) is 1. The van der Waals surface area contributed by atoms with Gasteiger partial charge >= 0.3 is 0 Å². The number of primary amides is 1. The molecular weight excluding hydrogens is 356 g/mol. The first-order chi connectivity index (χ1) is 13.2. The topological polar surface area (TPSA) is 99.2 Å². The van der Waals surface area contributed by atoms with Crippen molar-refractivity contribution in [1.29, 1.82) is 0 Å². The molecule has 148 valence electrons. The summed E-state index contributed by atoms with van der Waals surface area (Å²) in [7, 11) is 0. The number of aromatic nitrogens is 2.